The number of nitrogens with zero attached hydrogens (tertiary/aromatic N) is 1. The largest absolute Gasteiger partial charge is 0.321 e. The third kappa shape index (κ3) is 1.70. The highest BCUT2D eigenvalue weighted by atomic mass is 35.5. The number of rotatable bonds is 2. The summed E-state index contributed by atoms with van der Waals surface area (Å²) in [6, 6.07) is 4.43. The van der Waals surface area contributed by atoms with Gasteiger partial charge in [0.05, 0.1) is 4.92 Å². The lowest BCUT2D eigenvalue weighted by atomic mass is 9.72. The summed E-state index contributed by atoms with van der Waals surface area (Å²) < 4.78 is 0. The third-order valence-corrected chi connectivity index (χ3v) is 3.27. The maximum atomic E-state index is 10.6. The molecule has 1 aliphatic rings. The van der Waals surface area contributed by atoms with Gasteiger partial charge < -0.3 is 5.73 Å². The van der Waals surface area contributed by atoms with E-state index in [1.165, 1.54) is 12.1 Å². The number of nitrogens with two attached hydrogens (primary N) is 1. The number of halogens is 1. The lowest BCUT2D eigenvalue weighted by Gasteiger charge is -2.38. The standard InChI is InChI=1S/C10H11ClN2O2/c11-9-3-2-7(13(14)15)6-8(9)10(12)4-1-5-10/h2-3,6H,1,4-5,12H2. The Kier molecular flexibility index (Phi) is 2.40. The minimum absolute atomic E-state index is 0.0473. The van der Waals surface area contributed by atoms with Crippen molar-refractivity contribution < 1.29 is 4.92 Å². The van der Waals surface area contributed by atoms with Crippen molar-refractivity contribution in [1.29, 1.82) is 0 Å². The summed E-state index contributed by atoms with van der Waals surface area (Å²) in [5.41, 5.74) is 6.38. The number of benzene rings is 1. The number of non-ortho nitro benzene ring substituents is 1. The molecule has 1 aromatic carbocycles. The number of hydrogen-bond donors (Lipinski definition) is 1. The van der Waals surface area contributed by atoms with Gasteiger partial charge in [0.1, 0.15) is 0 Å². The Hall–Kier alpha value is -1.13. The fraction of sp³-hybridized carbons (Fsp3) is 0.400. The smallest absolute Gasteiger partial charge is 0.269 e. The van der Waals surface area contributed by atoms with E-state index in [2.05, 4.69) is 0 Å². The Balaban J connectivity index is 2.45. The quantitative estimate of drug-likeness (QED) is 0.623. The number of nitro benzene ring substituents is 1. The minimum atomic E-state index is -0.455. The summed E-state index contributed by atoms with van der Waals surface area (Å²) >= 11 is 6.00. The molecule has 0 spiro atoms. The van der Waals surface area contributed by atoms with E-state index in [0.717, 1.165) is 19.3 Å². The van der Waals surface area contributed by atoms with Crippen LogP contribution in [0.4, 0.5) is 5.69 Å². The molecule has 80 valence electrons. The van der Waals surface area contributed by atoms with E-state index in [9.17, 15) is 10.1 Å². The van der Waals surface area contributed by atoms with Crippen LogP contribution >= 0.6 is 11.6 Å². The highest BCUT2D eigenvalue weighted by Crippen LogP contribution is 2.42. The first-order valence-electron chi connectivity index (χ1n) is 4.76. The van der Waals surface area contributed by atoms with Gasteiger partial charge in [-0.3, -0.25) is 10.1 Å². The van der Waals surface area contributed by atoms with Crippen molar-refractivity contribution in [3.8, 4) is 0 Å². The molecule has 0 aromatic heterocycles. The molecule has 2 N–H and O–H groups in total. The molecule has 0 heterocycles. The summed E-state index contributed by atoms with van der Waals surface area (Å²) in [7, 11) is 0. The summed E-state index contributed by atoms with van der Waals surface area (Å²) in [5, 5.41) is 11.1. The van der Waals surface area contributed by atoms with Crippen LogP contribution in [0.1, 0.15) is 24.8 Å². The van der Waals surface area contributed by atoms with E-state index in [1.54, 1.807) is 6.07 Å². The van der Waals surface area contributed by atoms with Crippen molar-refractivity contribution in [2.45, 2.75) is 24.8 Å². The molecule has 0 bridgehead atoms. The monoisotopic (exact) mass is 226 g/mol. The van der Waals surface area contributed by atoms with Crippen LogP contribution in [0.25, 0.3) is 0 Å². The van der Waals surface area contributed by atoms with E-state index in [1.807, 2.05) is 0 Å². The first kappa shape index (κ1) is 10.4. The molecule has 1 fully saturated rings. The molecular formula is C10H11ClN2O2. The Labute approximate surface area is 92.2 Å². The van der Waals surface area contributed by atoms with Gasteiger partial charge in [0.15, 0.2) is 0 Å². The second-order valence-corrected chi connectivity index (χ2v) is 4.34. The van der Waals surface area contributed by atoms with Gasteiger partial charge in [-0.2, -0.15) is 0 Å². The highest BCUT2D eigenvalue weighted by Gasteiger charge is 2.36. The molecule has 2 rings (SSSR count). The van der Waals surface area contributed by atoms with Gasteiger partial charge in [-0.25, -0.2) is 0 Å². The maximum absolute atomic E-state index is 10.6. The topological polar surface area (TPSA) is 69.2 Å². The molecule has 5 heteroatoms. The van der Waals surface area contributed by atoms with Crippen LogP contribution in [0.15, 0.2) is 18.2 Å². The molecule has 4 nitrogen and oxygen atoms in total. The lowest BCUT2D eigenvalue weighted by Crippen LogP contribution is -2.43. The van der Waals surface area contributed by atoms with E-state index in [-0.39, 0.29) is 5.69 Å². The molecule has 1 aromatic rings. The summed E-state index contributed by atoms with van der Waals surface area (Å²) in [6.45, 7) is 0. The van der Waals surface area contributed by atoms with Gasteiger partial charge >= 0.3 is 0 Å². The molecule has 15 heavy (non-hydrogen) atoms. The van der Waals surface area contributed by atoms with Crippen LogP contribution in [-0.4, -0.2) is 4.92 Å². The van der Waals surface area contributed by atoms with Crippen molar-refractivity contribution >= 4 is 17.3 Å². The van der Waals surface area contributed by atoms with E-state index in [0.29, 0.717) is 10.6 Å². The normalized spacial score (nSPS) is 18.3. The fourth-order valence-electron chi connectivity index (χ4n) is 1.84. The van der Waals surface area contributed by atoms with E-state index in [4.69, 9.17) is 17.3 Å². The highest BCUT2D eigenvalue weighted by molar-refractivity contribution is 6.31. The third-order valence-electron chi connectivity index (χ3n) is 2.94. The summed E-state index contributed by atoms with van der Waals surface area (Å²) in [4.78, 5) is 10.2. The van der Waals surface area contributed by atoms with Gasteiger partial charge in [-0.05, 0) is 30.9 Å². The Morgan fingerprint density at radius 3 is 2.60 bits per heavy atom. The predicted octanol–water partition coefficient (Wildman–Crippen LogP) is 2.59. The maximum Gasteiger partial charge on any atom is 0.269 e. The average molecular weight is 227 g/mol. The SMILES string of the molecule is NC1(c2cc([N+](=O)[O-])ccc2Cl)CCC1. The Morgan fingerprint density at radius 1 is 1.47 bits per heavy atom. The Bertz CT molecular complexity index is 416. The number of nitro groups is 1. The van der Waals surface area contributed by atoms with Crippen LogP contribution < -0.4 is 5.73 Å². The summed E-state index contributed by atoms with van der Waals surface area (Å²) in [6.07, 6.45) is 2.73. The second-order valence-electron chi connectivity index (χ2n) is 3.93. The van der Waals surface area contributed by atoms with Gasteiger partial charge in [0.25, 0.3) is 5.69 Å². The molecule has 0 unspecified atom stereocenters. The van der Waals surface area contributed by atoms with Crippen LogP contribution in [0.3, 0.4) is 0 Å². The van der Waals surface area contributed by atoms with Crippen LogP contribution in [0, 0.1) is 10.1 Å². The zero-order chi connectivity index (χ0) is 11.1. The van der Waals surface area contributed by atoms with Crippen LogP contribution in [-0.2, 0) is 5.54 Å². The minimum Gasteiger partial charge on any atom is -0.321 e. The molecule has 0 saturated heterocycles. The van der Waals surface area contributed by atoms with Gasteiger partial charge in [0, 0.05) is 22.7 Å². The van der Waals surface area contributed by atoms with Crippen molar-refractivity contribution in [2.24, 2.45) is 5.73 Å². The molecule has 0 amide bonds. The molecule has 0 radical (unpaired) electrons. The molecule has 1 saturated carbocycles. The summed E-state index contributed by atoms with van der Waals surface area (Å²) in [5.74, 6) is 0. The first-order valence-corrected chi connectivity index (χ1v) is 5.14. The van der Waals surface area contributed by atoms with Crippen molar-refractivity contribution in [1.82, 2.24) is 0 Å². The van der Waals surface area contributed by atoms with Crippen molar-refractivity contribution in [3.63, 3.8) is 0 Å². The molecule has 0 atom stereocenters. The van der Waals surface area contributed by atoms with Crippen molar-refractivity contribution in [2.75, 3.05) is 0 Å². The van der Waals surface area contributed by atoms with Gasteiger partial charge in [-0.15, -0.1) is 0 Å². The van der Waals surface area contributed by atoms with Gasteiger partial charge in [0.2, 0.25) is 0 Å². The van der Waals surface area contributed by atoms with Gasteiger partial charge in [-0.1, -0.05) is 11.6 Å². The first-order chi connectivity index (χ1) is 7.03. The van der Waals surface area contributed by atoms with E-state index >= 15 is 0 Å². The van der Waals surface area contributed by atoms with Crippen molar-refractivity contribution in [3.05, 3.63) is 38.9 Å². The molecule has 1 aliphatic carbocycles. The second kappa shape index (κ2) is 3.47. The molecule has 0 aliphatic heterocycles. The Morgan fingerprint density at radius 2 is 2.13 bits per heavy atom. The van der Waals surface area contributed by atoms with E-state index < -0.39 is 10.5 Å². The molecular weight excluding hydrogens is 216 g/mol. The zero-order valence-corrected chi connectivity index (χ0v) is 8.83. The number of hydrogen-bond acceptors (Lipinski definition) is 3. The average Bonchev–Trinajstić information content (AvgIpc) is 2.14. The lowest BCUT2D eigenvalue weighted by molar-refractivity contribution is -0.385. The zero-order valence-electron chi connectivity index (χ0n) is 8.07. The predicted molar refractivity (Wildman–Crippen MR) is 57.8 cm³/mol. The van der Waals surface area contributed by atoms with Crippen LogP contribution in [0.5, 0.6) is 0 Å². The fourth-order valence-corrected chi connectivity index (χ4v) is 2.14. The van der Waals surface area contributed by atoms with Crippen LogP contribution in [0.2, 0.25) is 5.02 Å².